The number of fused-ring (bicyclic) bond motifs is 1. The van der Waals surface area contributed by atoms with Crippen LogP contribution in [0.25, 0.3) is 10.9 Å². The molecule has 21 heavy (non-hydrogen) atoms. The molecule has 108 valence electrons. The molecule has 2 nitrogen and oxygen atoms in total. The highest BCUT2D eigenvalue weighted by atomic mass is 79.9. The number of hydrogen-bond acceptors (Lipinski definition) is 1. The van der Waals surface area contributed by atoms with Gasteiger partial charge in [0.15, 0.2) is 0 Å². The number of H-pyrrole nitrogens is 1. The second kappa shape index (κ2) is 6.22. The molecule has 2 N–H and O–H groups in total. The lowest BCUT2D eigenvalue weighted by molar-refractivity contribution is 0.569. The molecule has 1 aromatic heterocycles. The molecule has 0 saturated heterocycles. The van der Waals surface area contributed by atoms with E-state index in [2.05, 4.69) is 57.4 Å². The average Bonchev–Trinajstić information content (AvgIpc) is 2.82. The summed E-state index contributed by atoms with van der Waals surface area (Å²) in [6.45, 7) is 2.87. The van der Waals surface area contributed by atoms with Crippen molar-refractivity contribution in [3.05, 3.63) is 69.3 Å². The van der Waals surface area contributed by atoms with E-state index in [1.807, 2.05) is 24.3 Å². The van der Waals surface area contributed by atoms with Gasteiger partial charge in [0.2, 0.25) is 0 Å². The van der Waals surface area contributed by atoms with Gasteiger partial charge in [-0.2, -0.15) is 0 Å². The molecule has 3 aromatic rings. The molecule has 3 rings (SSSR count). The second-order valence-electron chi connectivity index (χ2n) is 5.12. The fourth-order valence-corrected chi connectivity index (χ4v) is 2.95. The Morgan fingerprint density at radius 2 is 1.86 bits per heavy atom. The Balaban J connectivity index is 1.74. The van der Waals surface area contributed by atoms with Crippen LogP contribution in [0.2, 0.25) is 5.02 Å². The maximum absolute atomic E-state index is 6.43. The van der Waals surface area contributed by atoms with Crippen LogP contribution in [-0.2, 0) is 6.54 Å². The van der Waals surface area contributed by atoms with E-state index in [1.165, 1.54) is 5.56 Å². The zero-order chi connectivity index (χ0) is 14.8. The summed E-state index contributed by atoms with van der Waals surface area (Å²) in [4.78, 5) is 3.38. The Hall–Kier alpha value is -1.29. The normalized spacial score (nSPS) is 12.7. The minimum Gasteiger partial charge on any atom is -0.356 e. The van der Waals surface area contributed by atoms with Crippen molar-refractivity contribution in [3.63, 3.8) is 0 Å². The average molecular weight is 364 g/mol. The van der Waals surface area contributed by atoms with E-state index in [4.69, 9.17) is 11.6 Å². The maximum atomic E-state index is 6.43. The third-order valence-electron chi connectivity index (χ3n) is 3.67. The monoisotopic (exact) mass is 362 g/mol. The van der Waals surface area contributed by atoms with E-state index in [-0.39, 0.29) is 6.04 Å². The van der Waals surface area contributed by atoms with Gasteiger partial charge in [-0.15, -0.1) is 0 Å². The summed E-state index contributed by atoms with van der Waals surface area (Å²) in [7, 11) is 0. The summed E-state index contributed by atoms with van der Waals surface area (Å²) in [5.41, 5.74) is 3.36. The van der Waals surface area contributed by atoms with E-state index in [1.54, 1.807) is 0 Å². The van der Waals surface area contributed by atoms with Crippen molar-refractivity contribution in [1.82, 2.24) is 10.3 Å². The lowest BCUT2D eigenvalue weighted by Crippen LogP contribution is -2.18. The molecular weight excluding hydrogens is 348 g/mol. The van der Waals surface area contributed by atoms with E-state index >= 15 is 0 Å². The van der Waals surface area contributed by atoms with Crippen LogP contribution in [0.4, 0.5) is 0 Å². The van der Waals surface area contributed by atoms with Crippen molar-refractivity contribution in [2.45, 2.75) is 19.5 Å². The van der Waals surface area contributed by atoms with Crippen LogP contribution >= 0.6 is 27.5 Å². The highest BCUT2D eigenvalue weighted by molar-refractivity contribution is 9.10. The van der Waals surface area contributed by atoms with Crippen LogP contribution in [0.1, 0.15) is 24.2 Å². The Bertz CT molecular complexity index is 749. The van der Waals surface area contributed by atoms with E-state index in [0.29, 0.717) is 6.54 Å². The van der Waals surface area contributed by atoms with Gasteiger partial charge in [0.05, 0.1) is 5.02 Å². The van der Waals surface area contributed by atoms with E-state index < -0.39 is 0 Å². The molecule has 4 heteroatoms. The molecule has 0 bridgehead atoms. The topological polar surface area (TPSA) is 27.8 Å². The number of rotatable bonds is 4. The van der Waals surface area contributed by atoms with Crippen molar-refractivity contribution in [2.75, 3.05) is 0 Å². The van der Waals surface area contributed by atoms with Crippen molar-refractivity contribution in [2.24, 2.45) is 0 Å². The Labute approximate surface area is 137 Å². The highest BCUT2D eigenvalue weighted by Gasteiger charge is 2.10. The molecule has 2 aromatic carbocycles. The zero-order valence-electron chi connectivity index (χ0n) is 11.7. The molecular formula is C17H16BrClN2. The van der Waals surface area contributed by atoms with Crippen molar-refractivity contribution in [1.29, 1.82) is 0 Å². The Morgan fingerprint density at radius 3 is 2.57 bits per heavy atom. The summed E-state index contributed by atoms with van der Waals surface area (Å²) in [5, 5.41) is 5.39. The minimum absolute atomic E-state index is 0.264. The first-order chi connectivity index (χ1) is 10.1. The number of benzene rings is 2. The standard InChI is InChI=1S/C17H16BrClN2/c1-11(12-6-8-13(18)9-7-12)20-10-16-17(19)14-4-2-3-5-15(14)21-16/h2-9,11,20-21H,10H2,1H3. The molecule has 1 unspecified atom stereocenters. The van der Waals surface area contributed by atoms with Crippen molar-refractivity contribution < 1.29 is 0 Å². The largest absolute Gasteiger partial charge is 0.356 e. The van der Waals surface area contributed by atoms with Gasteiger partial charge in [-0.25, -0.2) is 0 Å². The van der Waals surface area contributed by atoms with Gasteiger partial charge in [-0.05, 0) is 30.7 Å². The molecule has 0 spiro atoms. The molecule has 1 heterocycles. The second-order valence-corrected chi connectivity index (χ2v) is 6.41. The molecule has 0 fully saturated rings. The highest BCUT2D eigenvalue weighted by Crippen LogP contribution is 2.27. The van der Waals surface area contributed by atoms with Gasteiger partial charge in [-0.3, -0.25) is 0 Å². The predicted molar refractivity (Wildman–Crippen MR) is 92.7 cm³/mol. The predicted octanol–water partition coefficient (Wildman–Crippen LogP) is 5.43. The van der Waals surface area contributed by atoms with E-state index in [9.17, 15) is 0 Å². The van der Waals surface area contributed by atoms with Gasteiger partial charge < -0.3 is 10.3 Å². The first kappa shape index (κ1) is 14.6. The lowest BCUT2D eigenvalue weighted by Gasteiger charge is -2.14. The van der Waals surface area contributed by atoms with Crippen LogP contribution in [0.3, 0.4) is 0 Å². The molecule has 0 aliphatic rings. The number of halogens is 2. The number of para-hydroxylation sites is 1. The summed E-state index contributed by atoms with van der Waals surface area (Å²) < 4.78 is 1.09. The first-order valence-electron chi connectivity index (χ1n) is 6.89. The smallest absolute Gasteiger partial charge is 0.0705 e. The van der Waals surface area contributed by atoms with Crippen LogP contribution < -0.4 is 5.32 Å². The lowest BCUT2D eigenvalue weighted by atomic mass is 10.1. The number of aromatic amines is 1. The molecule has 0 saturated carbocycles. The summed E-state index contributed by atoms with van der Waals surface area (Å²) >= 11 is 9.89. The maximum Gasteiger partial charge on any atom is 0.0705 e. The van der Waals surface area contributed by atoms with Crippen LogP contribution in [0.5, 0.6) is 0 Å². The number of aromatic nitrogens is 1. The quantitative estimate of drug-likeness (QED) is 0.635. The third-order valence-corrected chi connectivity index (χ3v) is 4.63. The third kappa shape index (κ3) is 3.15. The summed E-state index contributed by atoms with van der Waals surface area (Å²) in [5.74, 6) is 0. The van der Waals surface area contributed by atoms with Crippen LogP contribution in [0.15, 0.2) is 53.0 Å². The Kier molecular flexibility index (Phi) is 4.34. The van der Waals surface area contributed by atoms with Crippen molar-refractivity contribution in [3.8, 4) is 0 Å². The van der Waals surface area contributed by atoms with Gasteiger partial charge in [0, 0.05) is 33.7 Å². The first-order valence-corrected chi connectivity index (χ1v) is 8.06. The molecule has 1 atom stereocenters. The molecule has 0 radical (unpaired) electrons. The Morgan fingerprint density at radius 1 is 1.14 bits per heavy atom. The molecule has 0 amide bonds. The number of nitrogens with one attached hydrogen (secondary N) is 2. The summed E-state index contributed by atoms with van der Waals surface area (Å²) in [6, 6.07) is 16.7. The van der Waals surface area contributed by atoms with Crippen LogP contribution in [0, 0.1) is 0 Å². The number of hydrogen-bond donors (Lipinski definition) is 2. The fourth-order valence-electron chi connectivity index (χ4n) is 2.41. The summed E-state index contributed by atoms with van der Waals surface area (Å²) in [6.07, 6.45) is 0. The van der Waals surface area contributed by atoms with Gasteiger partial charge in [0.1, 0.15) is 0 Å². The van der Waals surface area contributed by atoms with Gasteiger partial charge in [-0.1, -0.05) is 57.9 Å². The van der Waals surface area contributed by atoms with Gasteiger partial charge in [0.25, 0.3) is 0 Å². The fraction of sp³-hybridized carbons (Fsp3) is 0.176. The van der Waals surface area contributed by atoms with Gasteiger partial charge >= 0.3 is 0 Å². The SMILES string of the molecule is CC(NCc1[nH]c2ccccc2c1Cl)c1ccc(Br)cc1. The van der Waals surface area contributed by atoms with Crippen LogP contribution in [-0.4, -0.2) is 4.98 Å². The molecule has 0 aliphatic carbocycles. The zero-order valence-corrected chi connectivity index (χ0v) is 14.0. The van der Waals surface area contributed by atoms with E-state index in [0.717, 1.165) is 26.1 Å². The van der Waals surface area contributed by atoms with Crippen molar-refractivity contribution >= 4 is 38.4 Å². The molecule has 0 aliphatic heterocycles. The minimum atomic E-state index is 0.264.